The minimum atomic E-state index is -0.0963. The predicted octanol–water partition coefficient (Wildman–Crippen LogP) is 5.89. The van der Waals surface area contributed by atoms with E-state index in [4.69, 9.17) is 0 Å². The number of aromatic amines is 2. The van der Waals surface area contributed by atoms with Gasteiger partial charge in [-0.2, -0.15) is 0 Å². The van der Waals surface area contributed by atoms with Crippen LogP contribution in [0.4, 0.5) is 0 Å². The van der Waals surface area contributed by atoms with Crippen LogP contribution in [0.25, 0.3) is 18.2 Å². The molecule has 2 aliphatic heterocycles. The number of aromatic nitrogens is 2. The fraction of sp³-hybridized carbons (Fsp3) is 0.457. The monoisotopic (exact) mass is 554 g/mol. The molecule has 0 aliphatic carbocycles. The van der Waals surface area contributed by atoms with Gasteiger partial charge in [-0.15, -0.1) is 0 Å². The molecule has 41 heavy (non-hydrogen) atoms. The van der Waals surface area contributed by atoms with E-state index in [-0.39, 0.29) is 11.8 Å². The molecule has 3 N–H and O–H groups in total. The van der Waals surface area contributed by atoms with E-state index in [2.05, 4.69) is 80.0 Å². The second-order valence-electron chi connectivity index (χ2n) is 10.7. The van der Waals surface area contributed by atoms with Gasteiger partial charge in [0, 0.05) is 38.9 Å². The summed E-state index contributed by atoms with van der Waals surface area (Å²) in [7, 11) is 0. The lowest BCUT2D eigenvalue weighted by Gasteiger charge is -2.05. The number of hydrogen-bond donors (Lipinski definition) is 3. The summed E-state index contributed by atoms with van der Waals surface area (Å²) in [5, 5.41) is 5.23. The number of H-pyrrole nitrogens is 2. The van der Waals surface area contributed by atoms with Crippen LogP contribution in [0.5, 0.6) is 0 Å². The van der Waals surface area contributed by atoms with E-state index in [0.717, 1.165) is 101 Å². The van der Waals surface area contributed by atoms with Crippen molar-refractivity contribution >= 4 is 35.8 Å². The Kier molecular flexibility index (Phi) is 9.52. The normalized spacial score (nSPS) is 17.7. The first-order valence-corrected chi connectivity index (χ1v) is 15.6. The van der Waals surface area contributed by atoms with Gasteiger partial charge in [0.25, 0.3) is 11.8 Å². The zero-order valence-corrected chi connectivity index (χ0v) is 26.2. The van der Waals surface area contributed by atoms with Crippen LogP contribution in [-0.2, 0) is 35.3 Å². The molecule has 0 bridgehead atoms. The van der Waals surface area contributed by atoms with Crippen molar-refractivity contribution in [3.05, 3.63) is 72.3 Å². The summed E-state index contributed by atoms with van der Waals surface area (Å²) >= 11 is 0. The molecular weight excluding hydrogens is 508 g/mol. The van der Waals surface area contributed by atoms with Crippen molar-refractivity contribution in [2.75, 3.05) is 0 Å². The lowest BCUT2D eigenvalue weighted by Crippen LogP contribution is -2.16. The summed E-state index contributed by atoms with van der Waals surface area (Å²) in [4.78, 5) is 36.9. The van der Waals surface area contributed by atoms with Crippen molar-refractivity contribution in [3.63, 3.8) is 0 Å². The number of aliphatic imine (C=N–C) groups is 1. The fourth-order valence-corrected chi connectivity index (χ4v) is 6.66. The van der Waals surface area contributed by atoms with Gasteiger partial charge < -0.3 is 15.3 Å². The fourth-order valence-electron chi connectivity index (χ4n) is 6.66. The van der Waals surface area contributed by atoms with E-state index in [1.807, 2.05) is 13.8 Å². The molecule has 6 nitrogen and oxygen atoms in total. The smallest absolute Gasteiger partial charge is 0.273 e. The molecule has 0 saturated carbocycles. The van der Waals surface area contributed by atoms with Crippen molar-refractivity contribution in [2.24, 2.45) is 4.99 Å². The Morgan fingerprint density at radius 3 is 1.56 bits per heavy atom. The molecule has 4 rings (SSSR count). The highest BCUT2D eigenvalue weighted by Crippen LogP contribution is 2.30. The molecule has 0 fully saturated rings. The molecule has 218 valence electrons. The molecular formula is C35H46N4O2. The van der Waals surface area contributed by atoms with Crippen LogP contribution >= 0.6 is 0 Å². The Bertz CT molecular complexity index is 1620. The highest BCUT2D eigenvalue weighted by molar-refractivity contribution is 6.31. The Hall–Kier alpha value is -3.67. The highest BCUT2D eigenvalue weighted by atomic mass is 16.2. The van der Waals surface area contributed by atoms with E-state index >= 15 is 0 Å². The summed E-state index contributed by atoms with van der Waals surface area (Å²) in [6.45, 7) is 17.0. The van der Waals surface area contributed by atoms with Crippen LogP contribution < -0.4 is 16.0 Å². The molecule has 6 heteroatoms. The first-order valence-electron chi connectivity index (χ1n) is 15.6. The first kappa shape index (κ1) is 30.3. The summed E-state index contributed by atoms with van der Waals surface area (Å²) in [5.74, 6) is -0.0701. The third-order valence-electron chi connectivity index (χ3n) is 8.62. The van der Waals surface area contributed by atoms with Crippen LogP contribution in [0, 0.1) is 0 Å². The standard InChI is InChI=1S/C35H46N4O2/c1-9-20-22(11-3)30(18-32-24(13-5)26(15-7)34(40)38-32)36-28(20)17-29-21(10-2)23(12-4)31(37-29)19-33-25(14-6)27(16-8)35(41)39-33/h17-19,36-37H,9-16H2,1-8H3,(H,38,40)/b29-17?,31-19?,32-18-. The minimum Gasteiger partial charge on any atom is -0.355 e. The van der Waals surface area contributed by atoms with Gasteiger partial charge in [0.1, 0.15) is 0 Å². The van der Waals surface area contributed by atoms with E-state index in [0.29, 0.717) is 6.42 Å². The molecule has 0 radical (unpaired) electrons. The topological polar surface area (TPSA) is 90.1 Å². The van der Waals surface area contributed by atoms with Crippen LogP contribution in [-0.4, -0.2) is 27.5 Å². The summed E-state index contributed by atoms with van der Waals surface area (Å²) < 4.78 is 0. The zero-order valence-electron chi connectivity index (χ0n) is 26.2. The van der Waals surface area contributed by atoms with Gasteiger partial charge in [0.15, 0.2) is 0 Å². The molecule has 0 spiro atoms. The Morgan fingerprint density at radius 2 is 1.05 bits per heavy atom. The van der Waals surface area contributed by atoms with Gasteiger partial charge >= 0.3 is 0 Å². The van der Waals surface area contributed by atoms with E-state index in [9.17, 15) is 9.59 Å². The van der Waals surface area contributed by atoms with Crippen molar-refractivity contribution in [3.8, 4) is 0 Å². The average molecular weight is 555 g/mol. The zero-order chi connectivity index (χ0) is 29.8. The van der Waals surface area contributed by atoms with Gasteiger partial charge in [-0.1, -0.05) is 55.4 Å². The Morgan fingerprint density at radius 1 is 0.537 bits per heavy atom. The summed E-state index contributed by atoms with van der Waals surface area (Å²) in [5.41, 5.74) is 12.9. The largest absolute Gasteiger partial charge is 0.355 e. The minimum absolute atomic E-state index is 0.0262. The maximum absolute atomic E-state index is 12.6. The molecule has 0 atom stereocenters. The van der Waals surface area contributed by atoms with Crippen LogP contribution in [0.1, 0.15) is 115 Å². The van der Waals surface area contributed by atoms with E-state index in [1.165, 1.54) is 22.3 Å². The number of amides is 2. The van der Waals surface area contributed by atoms with Gasteiger partial charge in [0.2, 0.25) is 0 Å². The number of nitrogens with one attached hydrogen (secondary N) is 3. The SMILES string of the molecule is CCC1=C(CC)C(C=c2[nH]c(=Cc3[nH]c(/C=C4\NC(=O)C(CC)=C4CC)c(CC)c3CC)c(CC)c2CC)=NC1=O. The summed E-state index contributed by atoms with van der Waals surface area (Å²) in [6, 6.07) is 0. The van der Waals surface area contributed by atoms with Crippen LogP contribution in [0.15, 0.2) is 33.0 Å². The molecule has 0 aromatic carbocycles. The van der Waals surface area contributed by atoms with Crippen molar-refractivity contribution in [1.82, 2.24) is 15.3 Å². The first-order chi connectivity index (χ1) is 19.8. The predicted molar refractivity (Wildman–Crippen MR) is 170 cm³/mol. The number of hydrogen-bond acceptors (Lipinski definition) is 2. The Balaban J connectivity index is 1.89. The number of carbonyl (C=O) groups is 2. The number of carbonyl (C=O) groups excluding carboxylic acids is 2. The third-order valence-corrected chi connectivity index (χ3v) is 8.62. The van der Waals surface area contributed by atoms with E-state index < -0.39 is 0 Å². The van der Waals surface area contributed by atoms with E-state index in [1.54, 1.807) is 0 Å². The molecule has 0 saturated heterocycles. The quantitative estimate of drug-likeness (QED) is 0.323. The van der Waals surface area contributed by atoms with Gasteiger partial charge in [-0.05, 0) is 103 Å². The molecule has 2 aromatic heterocycles. The Labute approximate surface area is 244 Å². The molecule has 4 heterocycles. The van der Waals surface area contributed by atoms with Gasteiger partial charge in [0.05, 0.1) is 5.71 Å². The molecule has 2 amide bonds. The van der Waals surface area contributed by atoms with Gasteiger partial charge in [-0.25, -0.2) is 4.99 Å². The van der Waals surface area contributed by atoms with Crippen molar-refractivity contribution < 1.29 is 9.59 Å². The van der Waals surface area contributed by atoms with Crippen molar-refractivity contribution in [2.45, 2.75) is 107 Å². The highest BCUT2D eigenvalue weighted by Gasteiger charge is 2.26. The lowest BCUT2D eigenvalue weighted by atomic mass is 10.00. The lowest BCUT2D eigenvalue weighted by molar-refractivity contribution is -0.116. The van der Waals surface area contributed by atoms with Gasteiger partial charge in [-0.3, -0.25) is 9.59 Å². The van der Waals surface area contributed by atoms with Crippen LogP contribution in [0.2, 0.25) is 0 Å². The average Bonchev–Trinajstić information content (AvgIpc) is 3.67. The third kappa shape index (κ3) is 5.49. The molecule has 2 aliphatic rings. The second kappa shape index (κ2) is 12.9. The van der Waals surface area contributed by atoms with Crippen molar-refractivity contribution in [1.29, 1.82) is 0 Å². The second-order valence-corrected chi connectivity index (χ2v) is 10.7. The number of allylic oxidation sites excluding steroid dienone is 2. The molecule has 2 aromatic rings. The summed E-state index contributed by atoms with van der Waals surface area (Å²) in [6.07, 6.45) is 13.1. The maximum Gasteiger partial charge on any atom is 0.273 e. The number of rotatable bonds is 11. The molecule has 0 unspecified atom stereocenters. The number of nitrogens with zero attached hydrogens (tertiary/aromatic N) is 1. The maximum atomic E-state index is 12.6. The van der Waals surface area contributed by atoms with Crippen LogP contribution in [0.3, 0.4) is 0 Å².